The zero-order chi connectivity index (χ0) is 19.0. The molecule has 3 aromatic rings. The number of amides is 1. The molecule has 1 aliphatic heterocycles. The first kappa shape index (κ1) is 18.7. The van der Waals surface area contributed by atoms with Gasteiger partial charge in [-0.25, -0.2) is 9.69 Å². The highest BCUT2D eigenvalue weighted by molar-refractivity contribution is 9.10. The Labute approximate surface area is 175 Å². The summed E-state index contributed by atoms with van der Waals surface area (Å²) < 4.78 is 2.58. The maximum Gasteiger partial charge on any atom is 0.286 e. The van der Waals surface area contributed by atoms with E-state index >= 15 is 0 Å². The Bertz CT molecular complexity index is 1010. The van der Waals surface area contributed by atoms with E-state index in [9.17, 15) is 4.79 Å². The number of hydrogen-bond acceptors (Lipinski definition) is 3. The highest BCUT2D eigenvalue weighted by Gasteiger charge is 2.22. The summed E-state index contributed by atoms with van der Waals surface area (Å²) >= 11 is 15.9. The smallest absolute Gasteiger partial charge is 0.283 e. The third-order valence-corrected chi connectivity index (χ3v) is 5.64. The molecule has 0 saturated carbocycles. The number of hydrogen-bond donors (Lipinski definition) is 1. The standard InChI is InChI=1S/C19H17BrCl2N4O/c20-12-4-6-14-17(10-12)26(16-7-5-13(21)11-15(16)22)23-18(14)19(27)24-25-8-2-1-3-9-25/h4-7,10-11H,1-3,8-9H2,(H,24,27). The van der Waals surface area contributed by atoms with Crippen LogP contribution in [0.15, 0.2) is 40.9 Å². The molecule has 0 aliphatic carbocycles. The van der Waals surface area contributed by atoms with Crippen molar-refractivity contribution in [3.8, 4) is 5.69 Å². The summed E-state index contributed by atoms with van der Waals surface area (Å²) in [6.45, 7) is 1.72. The van der Waals surface area contributed by atoms with Crippen LogP contribution in [0.2, 0.25) is 10.0 Å². The number of benzene rings is 2. The molecule has 0 unspecified atom stereocenters. The molecule has 1 N–H and O–H groups in total. The first-order valence-electron chi connectivity index (χ1n) is 8.72. The number of fused-ring (bicyclic) bond motifs is 1. The molecule has 2 heterocycles. The van der Waals surface area contributed by atoms with E-state index in [0.717, 1.165) is 41.3 Å². The Morgan fingerprint density at radius 2 is 1.85 bits per heavy atom. The second-order valence-electron chi connectivity index (χ2n) is 6.51. The number of halogens is 3. The molecule has 0 atom stereocenters. The van der Waals surface area contributed by atoms with Gasteiger partial charge in [0.1, 0.15) is 0 Å². The molecule has 140 valence electrons. The van der Waals surface area contributed by atoms with Gasteiger partial charge < -0.3 is 0 Å². The highest BCUT2D eigenvalue weighted by atomic mass is 79.9. The van der Waals surface area contributed by atoms with Crippen LogP contribution in [-0.2, 0) is 0 Å². The van der Waals surface area contributed by atoms with Crippen LogP contribution in [-0.4, -0.2) is 33.8 Å². The zero-order valence-corrected chi connectivity index (χ0v) is 17.5. The van der Waals surface area contributed by atoms with Gasteiger partial charge in [0.05, 0.1) is 16.2 Å². The molecule has 1 fully saturated rings. The lowest BCUT2D eigenvalue weighted by molar-refractivity contribution is 0.0746. The third-order valence-electron chi connectivity index (χ3n) is 4.61. The van der Waals surface area contributed by atoms with Gasteiger partial charge in [-0.15, -0.1) is 0 Å². The van der Waals surface area contributed by atoms with Crippen LogP contribution in [0.1, 0.15) is 29.8 Å². The van der Waals surface area contributed by atoms with E-state index < -0.39 is 0 Å². The van der Waals surface area contributed by atoms with Crippen LogP contribution >= 0.6 is 39.1 Å². The maximum atomic E-state index is 12.9. The van der Waals surface area contributed by atoms with Crippen molar-refractivity contribution in [3.63, 3.8) is 0 Å². The number of rotatable bonds is 3. The van der Waals surface area contributed by atoms with Gasteiger partial charge >= 0.3 is 0 Å². The quantitative estimate of drug-likeness (QED) is 0.574. The molecule has 0 bridgehead atoms. The van der Waals surface area contributed by atoms with Gasteiger partial charge in [0, 0.05) is 28.0 Å². The summed E-state index contributed by atoms with van der Waals surface area (Å²) in [6.07, 6.45) is 3.37. The van der Waals surface area contributed by atoms with Crippen LogP contribution in [0, 0.1) is 0 Å². The summed E-state index contributed by atoms with van der Waals surface area (Å²) in [5.74, 6) is -0.215. The van der Waals surface area contributed by atoms with E-state index in [1.165, 1.54) is 6.42 Å². The molecule has 2 aromatic carbocycles. The van der Waals surface area contributed by atoms with Crippen molar-refractivity contribution in [1.82, 2.24) is 20.2 Å². The molecule has 8 heteroatoms. The van der Waals surface area contributed by atoms with Crippen LogP contribution in [0.3, 0.4) is 0 Å². The second-order valence-corrected chi connectivity index (χ2v) is 8.27. The van der Waals surface area contributed by atoms with Gasteiger partial charge in [-0.05, 0) is 49.2 Å². The van der Waals surface area contributed by atoms with E-state index in [2.05, 4.69) is 26.5 Å². The number of carbonyl (C=O) groups excluding carboxylic acids is 1. The van der Waals surface area contributed by atoms with Gasteiger partial charge in [-0.2, -0.15) is 5.10 Å². The van der Waals surface area contributed by atoms with Crippen molar-refractivity contribution in [3.05, 3.63) is 56.6 Å². The van der Waals surface area contributed by atoms with E-state index in [-0.39, 0.29) is 5.91 Å². The number of hydrazine groups is 1. The fourth-order valence-electron chi connectivity index (χ4n) is 3.29. The lowest BCUT2D eigenvalue weighted by atomic mass is 10.1. The average molecular weight is 468 g/mol. The number of nitrogens with zero attached hydrogens (tertiary/aromatic N) is 3. The van der Waals surface area contributed by atoms with E-state index in [4.69, 9.17) is 23.2 Å². The van der Waals surface area contributed by atoms with Crippen molar-refractivity contribution >= 4 is 55.9 Å². The second kappa shape index (κ2) is 7.80. The minimum absolute atomic E-state index is 0.215. The molecular formula is C19H17BrCl2N4O. The van der Waals surface area contributed by atoms with Gasteiger partial charge in [0.15, 0.2) is 5.69 Å². The summed E-state index contributed by atoms with van der Waals surface area (Å²) in [5.41, 5.74) is 4.81. The molecule has 5 nitrogen and oxygen atoms in total. The number of nitrogens with one attached hydrogen (secondary N) is 1. The summed E-state index contributed by atoms with van der Waals surface area (Å²) in [6, 6.07) is 10.9. The third kappa shape index (κ3) is 3.85. The topological polar surface area (TPSA) is 50.2 Å². The predicted octanol–water partition coefficient (Wildman–Crippen LogP) is 5.23. The van der Waals surface area contributed by atoms with Crippen molar-refractivity contribution in [2.45, 2.75) is 19.3 Å². The summed E-state index contributed by atoms with van der Waals surface area (Å²) in [5, 5.41) is 8.33. The Morgan fingerprint density at radius 1 is 1.07 bits per heavy atom. The van der Waals surface area contributed by atoms with Gasteiger partial charge in [-0.3, -0.25) is 10.2 Å². The summed E-state index contributed by atoms with van der Waals surface area (Å²) in [7, 11) is 0. The zero-order valence-electron chi connectivity index (χ0n) is 14.4. The van der Waals surface area contributed by atoms with Crippen molar-refractivity contribution in [1.29, 1.82) is 0 Å². The molecule has 27 heavy (non-hydrogen) atoms. The van der Waals surface area contributed by atoms with Crippen molar-refractivity contribution < 1.29 is 4.79 Å². The van der Waals surface area contributed by atoms with Crippen LogP contribution in [0.4, 0.5) is 0 Å². The molecule has 0 spiro atoms. The number of carbonyl (C=O) groups is 1. The molecule has 1 amide bonds. The van der Waals surface area contributed by atoms with Crippen molar-refractivity contribution in [2.24, 2.45) is 0 Å². The Balaban J connectivity index is 1.78. The Kier molecular flexibility index (Phi) is 5.41. The van der Waals surface area contributed by atoms with Crippen LogP contribution < -0.4 is 5.43 Å². The number of piperidine rings is 1. The molecule has 1 aromatic heterocycles. The average Bonchev–Trinajstić information content (AvgIpc) is 3.01. The first-order chi connectivity index (χ1) is 13.0. The van der Waals surface area contributed by atoms with Gasteiger partial charge in [-0.1, -0.05) is 45.6 Å². The predicted molar refractivity (Wildman–Crippen MR) is 112 cm³/mol. The Hall–Kier alpha value is -1.60. The number of aromatic nitrogens is 2. The van der Waals surface area contributed by atoms with Gasteiger partial charge in [0.25, 0.3) is 5.91 Å². The largest absolute Gasteiger partial charge is 0.286 e. The minimum Gasteiger partial charge on any atom is -0.283 e. The fourth-order valence-corrected chi connectivity index (χ4v) is 4.13. The summed E-state index contributed by atoms with van der Waals surface area (Å²) in [4.78, 5) is 12.9. The van der Waals surface area contributed by atoms with E-state index in [1.54, 1.807) is 22.9 Å². The minimum atomic E-state index is -0.215. The fraction of sp³-hybridized carbons (Fsp3) is 0.263. The van der Waals surface area contributed by atoms with E-state index in [0.29, 0.717) is 21.4 Å². The SMILES string of the molecule is O=C(NN1CCCCC1)c1nn(-c2ccc(Cl)cc2Cl)c2cc(Br)ccc12. The molecular weight excluding hydrogens is 451 g/mol. The first-order valence-corrected chi connectivity index (χ1v) is 10.3. The molecule has 4 rings (SSSR count). The Morgan fingerprint density at radius 3 is 2.59 bits per heavy atom. The lowest BCUT2D eigenvalue weighted by Gasteiger charge is -2.26. The molecule has 1 aliphatic rings. The lowest BCUT2D eigenvalue weighted by Crippen LogP contribution is -2.45. The maximum absolute atomic E-state index is 12.9. The van der Waals surface area contributed by atoms with Crippen LogP contribution in [0.25, 0.3) is 16.6 Å². The van der Waals surface area contributed by atoms with Crippen molar-refractivity contribution in [2.75, 3.05) is 13.1 Å². The van der Waals surface area contributed by atoms with E-state index in [1.807, 2.05) is 23.2 Å². The normalized spacial score (nSPS) is 15.2. The van der Waals surface area contributed by atoms with Gasteiger partial charge in [0.2, 0.25) is 0 Å². The van der Waals surface area contributed by atoms with Crippen LogP contribution in [0.5, 0.6) is 0 Å². The molecule has 0 radical (unpaired) electrons. The highest BCUT2D eigenvalue weighted by Crippen LogP contribution is 2.30. The monoisotopic (exact) mass is 466 g/mol. The molecule has 1 saturated heterocycles.